The summed E-state index contributed by atoms with van der Waals surface area (Å²) >= 11 is 0. The largest absolute Gasteiger partial charge is 0.394 e. The summed E-state index contributed by atoms with van der Waals surface area (Å²) in [5.74, 6) is -0.857. The third-order valence-electron chi connectivity index (χ3n) is 2.63. The van der Waals surface area contributed by atoms with Gasteiger partial charge >= 0.3 is 0 Å². The second-order valence-corrected chi connectivity index (χ2v) is 3.98. The van der Waals surface area contributed by atoms with E-state index >= 15 is 0 Å². The SMILES string of the molecule is O=C(NC(CO)(CO)CO)c1ccccc1[N+](=O)[O-]. The molecule has 0 saturated heterocycles. The highest BCUT2D eigenvalue weighted by Crippen LogP contribution is 2.18. The van der Waals surface area contributed by atoms with E-state index < -0.39 is 41.9 Å². The van der Waals surface area contributed by atoms with Gasteiger partial charge in [0.1, 0.15) is 11.1 Å². The molecule has 8 heteroatoms. The number of benzene rings is 1. The molecule has 0 aromatic heterocycles. The van der Waals surface area contributed by atoms with Gasteiger partial charge in [0.25, 0.3) is 11.6 Å². The minimum atomic E-state index is -1.62. The van der Waals surface area contributed by atoms with Crippen LogP contribution in [0.2, 0.25) is 0 Å². The van der Waals surface area contributed by atoms with Crippen molar-refractivity contribution in [3.05, 3.63) is 39.9 Å². The van der Waals surface area contributed by atoms with Crippen molar-refractivity contribution in [1.29, 1.82) is 0 Å². The highest BCUT2D eigenvalue weighted by molar-refractivity contribution is 5.98. The number of nitro groups is 1. The summed E-state index contributed by atoms with van der Waals surface area (Å²) in [6, 6.07) is 5.25. The van der Waals surface area contributed by atoms with E-state index in [9.17, 15) is 14.9 Å². The van der Waals surface area contributed by atoms with Crippen molar-refractivity contribution >= 4 is 11.6 Å². The molecule has 0 aliphatic heterocycles. The van der Waals surface area contributed by atoms with E-state index in [1.165, 1.54) is 18.2 Å². The van der Waals surface area contributed by atoms with Gasteiger partial charge in [-0.1, -0.05) is 12.1 Å². The number of amides is 1. The van der Waals surface area contributed by atoms with Crippen LogP contribution in [-0.4, -0.2) is 51.5 Å². The number of nitrogens with one attached hydrogen (secondary N) is 1. The Labute approximate surface area is 108 Å². The van der Waals surface area contributed by atoms with Gasteiger partial charge < -0.3 is 20.6 Å². The minimum absolute atomic E-state index is 0.216. The molecule has 1 aromatic rings. The summed E-state index contributed by atoms with van der Waals surface area (Å²) in [5.41, 5.74) is -2.24. The number of rotatable bonds is 6. The molecule has 8 nitrogen and oxygen atoms in total. The molecule has 19 heavy (non-hydrogen) atoms. The smallest absolute Gasteiger partial charge is 0.282 e. The Morgan fingerprint density at radius 2 is 1.74 bits per heavy atom. The fraction of sp³-hybridized carbons (Fsp3) is 0.364. The fourth-order valence-corrected chi connectivity index (χ4v) is 1.40. The van der Waals surface area contributed by atoms with Crippen LogP contribution in [0.15, 0.2) is 24.3 Å². The van der Waals surface area contributed by atoms with E-state index in [4.69, 9.17) is 15.3 Å². The number of carbonyl (C=O) groups is 1. The van der Waals surface area contributed by atoms with Crippen molar-refractivity contribution < 1.29 is 25.0 Å². The zero-order valence-corrected chi connectivity index (χ0v) is 9.94. The van der Waals surface area contributed by atoms with Crippen LogP contribution in [0.3, 0.4) is 0 Å². The van der Waals surface area contributed by atoms with Gasteiger partial charge in [0.2, 0.25) is 0 Å². The van der Waals surface area contributed by atoms with E-state index in [2.05, 4.69) is 5.32 Å². The molecule has 1 aromatic carbocycles. The van der Waals surface area contributed by atoms with Gasteiger partial charge in [0, 0.05) is 6.07 Å². The van der Waals surface area contributed by atoms with E-state index in [0.717, 1.165) is 6.07 Å². The predicted molar refractivity (Wildman–Crippen MR) is 64.6 cm³/mol. The topological polar surface area (TPSA) is 133 Å². The van der Waals surface area contributed by atoms with Gasteiger partial charge in [-0.3, -0.25) is 14.9 Å². The lowest BCUT2D eigenvalue weighted by atomic mass is 10.0. The maximum Gasteiger partial charge on any atom is 0.282 e. The van der Waals surface area contributed by atoms with Crippen molar-refractivity contribution in [2.75, 3.05) is 19.8 Å². The molecule has 1 amide bonds. The molecule has 0 radical (unpaired) electrons. The second-order valence-electron chi connectivity index (χ2n) is 3.98. The van der Waals surface area contributed by atoms with Crippen molar-refractivity contribution in [1.82, 2.24) is 5.32 Å². The molecule has 0 spiro atoms. The third-order valence-corrected chi connectivity index (χ3v) is 2.63. The molecule has 0 unspecified atom stereocenters. The lowest BCUT2D eigenvalue weighted by molar-refractivity contribution is -0.385. The number of hydrogen-bond acceptors (Lipinski definition) is 6. The Balaban J connectivity index is 3.05. The minimum Gasteiger partial charge on any atom is -0.394 e. The van der Waals surface area contributed by atoms with E-state index in [-0.39, 0.29) is 5.56 Å². The molecular weight excluding hydrogens is 256 g/mol. The highest BCUT2D eigenvalue weighted by Gasteiger charge is 2.32. The maximum absolute atomic E-state index is 11.9. The lowest BCUT2D eigenvalue weighted by Gasteiger charge is -2.28. The number of para-hydroxylation sites is 1. The Kier molecular flexibility index (Phi) is 4.93. The number of aliphatic hydroxyl groups excluding tert-OH is 3. The molecule has 104 valence electrons. The first-order chi connectivity index (χ1) is 8.99. The number of hydrogen-bond donors (Lipinski definition) is 4. The van der Waals surface area contributed by atoms with E-state index in [1.54, 1.807) is 0 Å². The molecule has 0 atom stereocenters. The monoisotopic (exact) mass is 270 g/mol. The van der Waals surface area contributed by atoms with Crippen LogP contribution in [0.5, 0.6) is 0 Å². The molecule has 1 rings (SSSR count). The van der Waals surface area contributed by atoms with Gasteiger partial charge in [-0.15, -0.1) is 0 Å². The molecule has 0 heterocycles. The normalized spacial score (nSPS) is 11.1. The zero-order valence-electron chi connectivity index (χ0n) is 9.94. The van der Waals surface area contributed by atoms with Crippen molar-refractivity contribution in [3.63, 3.8) is 0 Å². The Morgan fingerprint density at radius 3 is 2.21 bits per heavy atom. The first-order valence-electron chi connectivity index (χ1n) is 5.38. The van der Waals surface area contributed by atoms with Crippen molar-refractivity contribution in [2.24, 2.45) is 0 Å². The summed E-state index contributed by atoms with van der Waals surface area (Å²) in [6.45, 7) is -2.11. The maximum atomic E-state index is 11.9. The molecule has 0 bridgehead atoms. The Hall–Kier alpha value is -2.03. The zero-order chi connectivity index (χ0) is 14.5. The summed E-state index contributed by atoms with van der Waals surface area (Å²) in [6.07, 6.45) is 0. The Bertz CT molecular complexity index is 464. The first-order valence-corrected chi connectivity index (χ1v) is 5.38. The molecule has 0 fully saturated rings. The summed E-state index contributed by atoms with van der Waals surface area (Å²) in [4.78, 5) is 22.0. The molecular formula is C11H14N2O6. The van der Waals surface area contributed by atoms with E-state index in [1.807, 2.05) is 0 Å². The average molecular weight is 270 g/mol. The predicted octanol–water partition coefficient (Wildman–Crippen LogP) is -0.960. The number of carbonyl (C=O) groups excluding carboxylic acids is 1. The van der Waals surface area contributed by atoms with E-state index in [0.29, 0.717) is 0 Å². The van der Waals surface area contributed by atoms with Crippen molar-refractivity contribution in [3.8, 4) is 0 Å². The third kappa shape index (κ3) is 3.25. The van der Waals surface area contributed by atoms with Gasteiger partial charge in [-0.05, 0) is 6.07 Å². The first kappa shape index (κ1) is 15.0. The summed E-state index contributed by atoms with van der Waals surface area (Å²) < 4.78 is 0. The Morgan fingerprint density at radius 1 is 1.21 bits per heavy atom. The highest BCUT2D eigenvalue weighted by atomic mass is 16.6. The van der Waals surface area contributed by atoms with Gasteiger partial charge in [0.15, 0.2) is 0 Å². The standard InChI is InChI=1S/C11H14N2O6/c14-5-11(6-15,7-16)12-10(17)8-3-1-2-4-9(8)13(18)19/h1-4,14-16H,5-7H2,(H,12,17). The van der Waals surface area contributed by atoms with Crippen LogP contribution < -0.4 is 5.32 Å². The van der Waals surface area contributed by atoms with Crippen LogP contribution in [0.4, 0.5) is 5.69 Å². The van der Waals surface area contributed by atoms with Crippen LogP contribution >= 0.6 is 0 Å². The molecule has 0 aliphatic carbocycles. The fourth-order valence-electron chi connectivity index (χ4n) is 1.40. The number of nitro benzene ring substituents is 1. The second kappa shape index (κ2) is 6.23. The summed E-state index contributed by atoms with van der Waals surface area (Å²) in [5, 5.41) is 40.2. The molecule has 0 saturated carbocycles. The van der Waals surface area contributed by atoms with Crippen LogP contribution in [0.25, 0.3) is 0 Å². The number of aliphatic hydroxyl groups is 3. The number of nitrogens with zero attached hydrogens (tertiary/aromatic N) is 1. The average Bonchev–Trinajstić information content (AvgIpc) is 2.44. The molecule has 4 N–H and O–H groups in total. The summed E-state index contributed by atoms with van der Waals surface area (Å²) in [7, 11) is 0. The van der Waals surface area contributed by atoms with Gasteiger partial charge in [-0.25, -0.2) is 0 Å². The quantitative estimate of drug-likeness (QED) is 0.388. The van der Waals surface area contributed by atoms with Crippen LogP contribution in [0, 0.1) is 10.1 Å². The van der Waals surface area contributed by atoms with Gasteiger partial charge in [-0.2, -0.15) is 0 Å². The lowest BCUT2D eigenvalue weighted by Crippen LogP contribution is -2.57. The van der Waals surface area contributed by atoms with Crippen LogP contribution in [0.1, 0.15) is 10.4 Å². The van der Waals surface area contributed by atoms with Gasteiger partial charge in [0.05, 0.1) is 24.7 Å². The molecule has 0 aliphatic rings. The van der Waals surface area contributed by atoms with Crippen LogP contribution in [-0.2, 0) is 0 Å². The van der Waals surface area contributed by atoms with Crippen molar-refractivity contribution in [2.45, 2.75) is 5.54 Å².